The first-order valence-corrected chi connectivity index (χ1v) is 8.94. The minimum atomic E-state index is -0.429. The Bertz CT molecular complexity index is 510. The Morgan fingerprint density at radius 3 is 2.21 bits per heavy atom. The van der Waals surface area contributed by atoms with E-state index >= 15 is 0 Å². The minimum Gasteiger partial charge on any atom is -0.347 e. The quantitative estimate of drug-likeness (QED) is 0.764. The SMILES string of the molecule is CN(C)C(=O)C1CCCN1C(=O)C1CCCN(C(=O)C(C)(C)C)C1. The second-order valence-corrected chi connectivity index (χ2v) is 8.26. The number of likely N-dealkylation sites (N-methyl/N-ethyl adjacent to an activating group) is 1. The van der Waals surface area contributed by atoms with E-state index < -0.39 is 5.41 Å². The van der Waals surface area contributed by atoms with E-state index in [1.54, 1.807) is 23.9 Å². The molecule has 2 unspecified atom stereocenters. The second-order valence-electron chi connectivity index (χ2n) is 8.26. The van der Waals surface area contributed by atoms with Crippen LogP contribution in [-0.2, 0) is 14.4 Å². The molecular formula is C18H31N3O3. The molecule has 0 aromatic carbocycles. The van der Waals surface area contributed by atoms with E-state index in [1.807, 2.05) is 25.7 Å². The van der Waals surface area contributed by atoms with Crippen LogP contribution in [0.5, 0.6) is 0 Å². The highest BCUT2D eigenvalue weighted by Gasteiger charge is 2.40. The normalized spacial score (nSPS) is 24.9. The Kier molecular flexibility index (Phi) is 5.56. The number of nitrogens with zero attached hydrogens (tertiary/aromatic N) is 3. The van der Waals surface area contributed by atoms with Crippen molar-refractivity contribution >= 4 is 17.7 Å². The zero-order valence-corrected chi connectivity index (χ0v) is 15.7. The summed E-state index contributed by atoms with van der Waals surface area (Å²) in [5, 5.41) is 0. The number of carbonyl (C=O) groups is 3. The topological polar surface area (TPSA) is 60.9 Å². The van der Waals surface area contributed by atoms with Crippen LogP contribution < -0.4 is 0 Å². The monoisotopic (exact) mass is 337 g/mol. The highest BCUT2D eigenvalue weighted by molar-refractivity contribution is 5.89. The lowest BCUT2D eigenvalue weighted by molar-refractivity contribution is -0.149. The predicted octanol–water partition coefficient (Wildman–Crippen LogP) is 1.35. The zero-order valence-electron chi connectivity index (χ0n) is 15.7. The van der Waals surface area contributed by atoms with Gasteiger partial charge in [-0.25, -0.2) is 0 Å². The molecule has 6 heteroatoms. The van der Waals surface area contributed by atoms with Crippen molar-refractivity contribution in [3.63, 3.8) is 0 Å². The third kappa shape index (κ3) is 3.90. The molecule has 0 saturated carbocycles. The van der Waals surface area contributed by atoms with Gasteiger partial charge >= 0.3 is 0 Å². The third-order valence-corrected chi connectivity index (χ3v) is 4.96. The van der Waals surface area contributed by atoms with Crippen molar-refractivity contribution in [3.05, 3.63) is 0 Å². The maximum absolute atomic E-state index is 13.0. The van der Waals surface area contributed by atoms with Crippen molar-refractivity contribution < 1.29 is 14.4 Å². The van der Waals surface area contributed by atoms with E-state index in [0.717, 1.165) is 32.2 Å². The number of hydrogen-bond donors (Lipinski definition) is 0. The molecule has 0 aromatic rings. The fourth-order valence-corrected chi connectivity index (χ4v) is 3.66. The number of likely N-dealkylation sites (tertiary alicyclic amines) is 2. The number of amides is 3. The van der Waals surface area contributed by atoms with Crippen LogP contribution in [0, 0.1) is 11.3 Å². The van der Waals surface area contributed by atoms with E-state index in [4.69, 9.17) is 0 Å². The van der Waals surface area contributed by atoms with E-state index in [2.05, 4.69) is 0 Å². The van der Waals surface area contributed by atoms with Gasteiger partial charge in [-0.3, -0.25) is 14.4 Å². The van der Waals surface area contributed by atoms with Crippen LogP contribution in [-0.4, -0.2) is 72.2 Å². The molecule has 6 nitrogen and oxygen atoms in total. The molecule has 136 valence electrons. The second kappa shape index (κ2) is 7.11. The fourth-order valence-electron chi connectivity index (χ4n) is 3.66. The van der Waals surface area contributed by atoms with Crippen LogP contribution in [0.25, 0.3) is 0 Å². The van der Waals surface area contributed by atoms with E-state index in [9.17, 15) is 14.4 Å². The number of hydrogen-bond acceptors (Lipinski definition) is 3. The zero-order chi connectivity index (χ0) is 18.1. The highest BCUT2D eigenvalue weighted by Crippen LogP contribution is 2.27. The number of rotatable bonds is 2. The lowest BCUT2D eigenvalue weighted by Gasteiger charge is -2.38. The molecule has 2 atom stereocenters. The summed E-state index contributed by atoms with van der Waals surface area (Å²) in [4.78, 5) is 42.9. The van der Waals surface area contributed by atoms with Gasteiger partial charge < -0.3 is 14.7 Å². The molecular weight excluding hydrogens is 306 g/mol. The van der Waals surface area contributed by atoms with Gasteiger partial charge in [0.1, 0.15) is 6.04 Å². The number of piperidine rings is 1. The van der Waals surface area contributed by atoms with Crippen LogP contribution in [0.2, 0.25) is 0 Å². The van der Waals surface area contributed by atoms with Gasteiger partial charge in [0.15, 0.2) is 0 Å². The van der Waals surface area contributed by atoms with Crippen molar-refractivity contribution in [2.75, 3.05) is 33.7 Å². The average molecular weight is 337 g/mol. The van der Waals surface area contributed by atoms with Gasteiger partial charge in [0, 0.05) is 39.1 Å². The first-order valence-electron chi connectivity index (χ1n) is 8.94. The molecule has 2 aliphatic rings. The van der Waals surface area contributed by atoms with Crippen molar-refractivity contribution in [1.29, 1.82) is 0 Å². The molecule has 0 N–H and O–H groups in total. The summed E-state index contributed by atoms with van der Waals surface area (Å²) in [6.07, 6.45) is 3.25. The fraction of sp³-hybridized carbons (Fsp3) is 0.833. The van der Waals surface area contributed by atoms with Gasteiger partial charge in [0.25, 0.3) is 0 Å². The smallest absolute Gasteiger partial charge is 0.244 e. The number of carbonyl (C=O) groups excluding carboxylic acids is 3. The largest absolute Gasteiger partial charge is 0.347 e. The van der Waals surface area contributed by atoms with E-state index in [1.165, 1.54) is 0 Å². The Hall–Kier alpha value is -1.59. The molecule has 2 rings (SSSR count). The molecule has 0 aliphatic carbocycles. The molecule has 2 aliphatic heterocycles. The van der Waals surface area contributed by atoms with Gasteiger partial charge in [-0.2, -0.15) is 0 Å². The van der Waals surface area contributed by atoms with Crippen molar-refractivity contribution in [3.8, 4) is 0 Å². The van der Waals surface area contributed by atoms with E-state index in [-0.39, 0.29) is 29.7 Å². The summed E-state index contributed by atoms with van der Waals surface area (Å²) in [7, 11) is 3.46. The molecule has 0 bridgehead atoms. The Morgan fingerprint density at radius 1 is 1.00 bits per heavy atom. The van der Waals surface area contributed by atoms with Gasteiger partial charge in [-0.15, -0.1) is 0 Å². The maximum atomic E-state index is 13.0. The van der Waals surface area contributed by atoms with Crippen LogP contribution in [0.4, 0.5) is 0 Å². The summed E-state index contributed by atoms with van der Waals surface area (Å²) in [5.74, 6) is -0.0404. The minimum absolute atomic E-state index is 0.000663. The Labute approximate surface area is 145 Å². The Balaban J connectivity index is 2.06. The van der Waals surface area contributed by atoms with Gasteiger partial charge in [0.2, 0.25) is 17.7 Å². The molecule has 0 spiro atoms. The maximum Gasteiger partial charge on any atom is 0.244 e. The van der Waals surface area contributed by atoms with Crippen LogP contribution in [0.15, 0.2) is 0 Å². The lowest BCUT2D eigenvalue weighted by atomic mass is 9.90. The molecule has 3 amide bonds. The lowest BCUT2D eigenvalue weighted by Crippen LogP contribution is -2.52. The van der Waals surface area contributed by atoms with Crippen molar-refractivity contribution in [1.82, 2.24) is 14.7 Å². The van der Waals surface area contributed by atoms with Gasteiger partial charge in [-0.1, -0.05) is 20.8 Å². The van der Waals surface area contributed by atoms with Crippen LogP contribution in [0.1, 0.15) is 46.5 Å². The average Bonchev–Trinajstić information content (AvgIpc) is 3.01. The third-order valence-electron chi connectivity index (χ3n) is 4.96. The molecule has 2 saturated heterocycles. The summed E-state index contributed by atoms with van der Waals surface area (Å²) < 4.78 is 0. The summed E-state index contributed by atoms with van der Waals surface area (Å²) >= 11 is 0. The molecule has 2 fully saturated rings. The van der Waals surface area contributed by atoms with Crippen molar-refractivity contribution in [2.45, 2.75) is 52.5 Å². The molecule has 0 radical (unpaired) electrons. The van der Waals surface area contributed by atoms with Crippen LogP contribution >= 0.6 is 0 Å². The summed E-state index contributed by atoms with van der Waals surface area (Å²) in [5.41, 5.74) is -0.429. The Morgan fingerprint density at radius 2 is 1.62 bits per heavy atom. The molecule has 0 aromatic heterocycles. The summed E-state index contributed by atoms with van der Waals surface area (Å²) in [6.45, 7) is 7.58. The predicted molar refractivity (Wildman–Crippen MR) is 92.2 cm³/mol. The van der Waals surface area contributed by atoms with Crippen molar-refractivity contribution in [2.24, 2.45) is 11.3 Å². The highest BCUT2D eigenvalue weighted by atomic mass is 16.2. The van der Waals surface area contributed by atoms with Gasteiger partial charge in [0.05, 0.1) is 5.92 Å². The molecule has 2 heterocycles. The molecule has 24 heavy (non-hydrogen) atoms. The standard InChI is InChI=1S/C18H31N3O3/c1-18(2,3)17(24)20-10-6-8-13(12-20)15(22)21-11-7-9-14(21)16(23)19(4)5/h13-14H,6-12H2,1-5H3. The van der Waals surface area contributed by atoms with E-state index in [0.29, 0.717) is 13.1 Å². The van der Waals surface area contributed by atoms with Gasteiger partial charge in [-0.05, 0) is 25.7 Å². The summed E-state index contributed by atoms with van der Waals surface area (Å²) in [6, 6.07) is -0.332. The van der Waals surface area contributed by atoms with Crippen LogP contribution in [0.3, 0.4) is 0 Å². The first-order chi connectivity index (χ1) is 11.1. The first kappa shape index (κ1) is 18.7.